The van der Waals surface area contributed by atoms with E-state index in [0.29, 0.717) is 0 Å². The molecule has 189 valence electrons. The van der Waals surface area contributed by atoms with E-state index >= 15 is 0 Å². The predicted molar refractivity (Wildman–Crippen MR) is 125 cm³/mol. The van der Waals surface area contributed by atoms with Gasteiger partial charge in [-0.25, -0.2) is 0 Å². The van der Waals surface area contributed by atoms with Crippen molar-refractivity contribution in [2.45, 2.75) is 76.2 Å². The fraction of sp³-hybridized carbons (Fsp3) is 0.524. The number of rotatable bonds is 0. The third-order valence-corrected chi connectivity index (χ3v) is 0. The van der Waals surface area contributed by atoms with Crippen LogP contribution >= 0.6 is 0 Å². The van der Waals surface area contributed by atoms with Crippen LogP contribution in [0.1, 0.15) is 76.2 Å². The van der Waals surface area contributed by atoms with Crippen LogP contribution in [0.3, 0.4) is 0 Å². The first-order valence-electron chi connectivity index (χ1n) is 5.71. The van der Waals surface area contributed by atoms with Crippen molar-refractivity contribution in [3.63, 3.8) is 0 Å². The topological polar surface area (TPSA) is 0 Å². The fourth-order valence-corrected chi connectivity index (χ4v) is 0. The molecule has 33 heavy (non-hydrogen) atoms. The molecule has 0 aliphatic heterocycles. The van der Waals surface area contributed by atoms with Gasteiger partial charge in [0.15, 0.2) is 0 Å². The summed E-state index contributed by atoms with van der Waals surface area (Å²) in [5.41, 5.74) is 0. The van der Waals surface area contributed by atoms with Crippen LogP contribution < -0.4 is 0 Å². The monoisotopic (exact) mass is 1380 g/mol. The van der Waals surface area contributed by atoms with Gasteiger partial charge in [0, 0.05) is 360 Å². The van der Waals surface area contributed by atoms with E-state index in [1.807, 2.05) is 69.2 Å². The van der Waals surface area contributed by atoms with E-state index in [9.17, 15) is 0 Å². The molecular weight excluding hydrogens is 1320 g/mol. The van der Waals surface area contributed by atoms with Crippen LogP contribution in [-0.2, 0) is 393 Å². The third kappa shape index (κ3) is 482. The minimum atomic E-state index is 0. The molecule has 0 saturated heterocycles. The quantitative estimate of drug-likeness (QED) is 0.212. The molecule has 0 heterocycles. The van der Waals surface area contributed by atoms with E-state index in [1.165, 1.54) is 0 Å². The van der Waals surface area contributed by atoms with Gasteiger partial charge in [-0.15, -0.1) is 0 Å². The average molecular weight is 1380 g/mol. The van der Waals surface area contributed by atoms with Crippen molar-refractivity contribution in [2.75, 3.05) is 0 Å². The Morgan fingerprint density at radius 3 is 0.212 bits per heavy atom. The number of hydrogen-bond donors (Lipinski definition) is 0. The summed E-state index contributed by atoms with van der Waals surface area (Å²) in [4.78, 5) is 0. The Morgan fingerprint density at radius 1 is 0.212 bits per heavy atom. The van der Waals surface area contributed by atoms with Gasteiger partial charge in [-0.1, -0.05) is 69.2 Å². The van der Waals surface area contributed by atoms with Gasteiger partial charge in [0.2, 0.25) is 0 Å². The van der Waals surface area contributed by atoms with E-state index in [4.69, 9.17) is 0 Å². The summed E-state index contributed by atoms with van der Waals surface area (Å²) in [6.07, 6.45) is 0. The molecule has 0 aliphatic rings. The SMILES string of the molecule is CC.CC.CC.CC.CC.[CH2-]C.[CH3-].[CH3-].[CH3-].[CH3-].[CH3-].[CH3-].[CH3-].[CH3-].[CH3-].[Y+3].[Y].[Y].[Y].[Y].[Y].[Y].[Y].[Y].[Y].[Y].[Y]. The van der Waals surface area contributed by atoms with Crippen LogP contribution in [0.25, 0.3) is 0 Å². The second-order valence-corrected chi connectivity index (χ2v) is 0. The summed E-state index contributed by atoms with van der Waals surface area (Å²) in [7, 11) is 0. The van der Waals surface area contributed by atoms with Gasteiger partial charge in [-0.2, -0.15) is 6.92 Å². The van der Waals surface area contributed by atoms with Crippen LogP contribution in [0.5, 0.6) is 0 Å². The van der Waals surface area contributed by atoms with Crippen LogP contribution in [0.4, 0.5) is 0 Å². The summed E-state index contributed by atoms with van der Waals surface area (Å²) in [6, 6.07) is 0. The second-order valence-electron chi connectivity index (χ2n) is 0. The van der Waals surface area contributed by atoms with Crippen molar-refractivity contribution in [2.24, 2.45) is 0 Å². The Labute approximate surface area is 527 Å². The molecular formula is C21H62Y12-7. The smallest absolute Gasteiger partial charge is 0.358 e. The average Bonchev–Trinajstić information content (AvgIpc) is 2.33. The van der Waals surface area contributed by atoms with Gasteiger partial charge < -0.3 is 73.8 Å². The summed E-state index contributed by atoms with van der Waals surface area (Å²) in [5, 5.41) is 0. The Bertz CT molecular complexity index is 31.2. The molecule has 0 aromatic carbocycles. The molecule has 0 saturated carbocycles. The normalized spacial score (nSPS) is 1.09. The van der Waals surface area contributed by atoms with Crippen LogP contribution in [0, 0.1) is 73.8 Å². The van der Waals surface area contributed by atoms with Crippen molar-refractivity contribution in [3.8, 4) is 0 Å². The van der Waals surface area contributed by atoms with Gasteiger partial charge in [-0.3, -0.25) is 0 Å². The molecule has 0 unspecified atom stereocenters. The van der Waals surface area contributed by atoms with Crippen LogP contribution in [0.15, 0.2) is 0 Å². The Kier molecular flexibility index (Phi) is 3910. The maximum Gasteiger partial charge on any atom is 3.00 e. The maximum absolute atomic E-state index is 3.25. The minimum absolute atomic E-state index is 0. The summed E-state index contributed by atoms with van der Waals surface area (Å²) < 4.78 is 0. The molecule has 0 aromatic rings. The van der Waals surface area contributed by atoms with Crippen molar-refractivity contribution >= 4 is 0 Å². The molecule has 11 radical (unpaired) electrons. The van der Waals surface area contributed by atoms with Gasteiger partial charge in [0.1, 0.15) is 0 Å². The van der Waals surface area contributed by atoms with Gasteiger partial charge in [-0.05, 0) is 0 Å². The Balaban J connectivity index is -0.000000000465. The molecule has 0 spiro atoms. The zero-order chi connectivity index (χ0) is 12.0. The molecule has 0 bridgehead atoms. The largest absolute Gasteiger partial charge is 3.00 e. The van der Waals surface area contributed by atoms with Crippen LogP contribution in [0.2, 0.25) is 0 Å². The molecule has 12 heteroatoms. The zero-order valence-corrected chi connectivity index (χ0v) is 61.7. The molecule has 0 N–H and O–H groups in total. The van der Waals surface area contributed by atoms with Crippen LogP contribution in [-0.4, -0.2) is 0 Å². The molecule has 0 aliphatic carbocycles. The van der Waals surface area contributed by atoms with Crippen molar-refractivity contribution in [1.29, 1.82) is 0 Å². The van der Waals surface area contributed by atoms with Gasteiger partial charge in [0.25, 0.3) is 0 Å². The van der Waals surface area contributed by atoms with Gasteiger partial charge in [0.05, 0.1) is 0 Å². The summed E-state index contributed by atoms with van der Waals surface area (Å²) in [5.74, 6) is 0. The van der Waals surface area contributed by atoms with E-state index in [-0.39, 0.29) is 459 Å². The maximum atomic E-state index is 3.25. The van der Waals surface area contributed by atoms with E-state index in [1.54, 1.807) is 6.92 Å². The standard InChI is InChI=1S/5C2H6.C2H5.9CH3.12Y/c6*1-2;;;;;;;;;;;;;;;;;;;;;/h5*1-2H3;1H2,2H3;9*1H3;;;;;;;;;;;;/q;;;;;10*-1;;;;;;;;;;;;+3. The first kappa shape index (κ1) is 256. The Hall–Kier alpha value is 13.2. The molecule has 0 fully saturated rings. The first-order valence-corrected chi connectivity index (χ1v) is 5.71. The van der Waals surface area contributed by atoms with Crippen molar-refractivity contribution < 1.29 is 393 Å². The molecule has 0 nitrogen and oxygen atoms in total. The predicted octanol–water partition coefficient (Wildman–Crippen LogP) is 9.99. The van der Waals surface area contributed by atoms with Gasteiger partial charge >= 0.3 is 32.7 Å². The molecule has 0 amide bonds. The second kappa shape index (κ2) is 505. The minimum Gasteiger partial charge on any atom is -0.358 e. The summed E-state index contributed by atoms with van der Waals surface area (Å²) >= 11 is 0. The van der Waals surface area contributed by atoms with E-state index in [2.05, 4.69) is 6.92 Å². The van der Waals surface area contributed by atoms with E-state index in [0.717, 1.165) is 0 Å². The number of hydrogen-bond acceptors (Lipinski definition) is 0. The molecule has 0 aromatic heterocycles. The first-order chi connectivity index (χ1) is 6.00. The van der Waals surface area contributed by atoms with E-state index < -0.39 is 0 Å². The molecule has 0 rings (SSSR count). The van der Waals surface area contributed by atoms with Crippen molar-refractivity contribution in [1.82, 2.24) is 0 Å². The Morgan fingerprint density at radius 2 is 0.212 bits per heavy atom. The third-order valence-electron chi connectivity index (χ3n) is 0. The molecule has 0 atom stereocenters. The van der Waals surface area contributed by atoms with Crippen molar-refractivity contribution in [3.05, 3.63) is 73.8 Å². The zero-order valence-electron chi connectivity index (χ0n) is 27.6. The fourth-order valence-electron chi connectivity index (χ4n) is 0. The summed E-state index contributed by atoms with van der Waals surface area (Å²) in [6.45, 7) is 25.0.